The summed E-state index contributed by atoms with van der Waals surface area (Å²) in [6.45, 7) is 5.60. The van der Waals surface area contributed by atoms with Crippen molar-refractivity contribution in [2.75, 3.05) is 20.2 Å². The zero-order valence-corrected chi connectivity index (χ0v) is 14.5. The Bertz CT molecular complexity index is 475. The number of hydrogen-bond donors (Lipinski definition) is 1. The predicted octanol–water partition coefficient (Wildman–Crippen LogP) is 2.29. The fourth-order valence-corrected chi connectivity index (χ4v) is 3.64. The third-order valence-electron chi connectivity index (χ3n) is 5.41. The molecule has 1 atom stereocenters. The van der Waals surface area contributed by atoms with Gasteiger partial charge in [-0.15, -0.1) is 0 Å². The van der Waals surface area contributed by atoms with Crippen molar-refractivity contribution in [3.8, 4) is 0 Å². The predicted molar refractivity (Wildman–Crippen MR) is 87.7 cm³/mol. The van der Waals surface area contributed by atoms with Crippen LogP contribution < -0.4 is 0 Å². The van der Waals surface area contributed by atoms with Crippen LogP contribution >= 0.6 is 0 Å². The highest BCUT2D eigenvalue weighted by atomic mass is 16.5. The number of methoxy groups -OCH3 is 1. The van der Waals surface area contributed by atoms with E-state index in [1.807, 2.05) is 11.0 Å². The Balaban J connectivity index is 1.92. The van der Waals surface area contributed by atoms with Gasteiger partial charge < -0.3 is 14.7 Å². The molecule has 0 bridgehead atoms. The number of aliphatic hydroxyl groups excluding tert-OH is 1. The van der Waals surface area contributed by atoms with Gasteiger partial charge in [-0.2, -0.15) is 0 Å². The normalized spacial score (nSPS) is 25.2. The zero-order valence-electron chi connectivity index (χ0n) is 14.5. The molecule has 1 heterocycles. The van der Waals surface area contributed by atoms with Gasteiger partial charge in [0.1, 0.15) is 0 Å². The average molecular weight is 323 g/mol. The number of aliphatic hydroxyl groups is 1. The van der Waals surface area contributed by atoms with Crippen LogP contribution in [0.15, 0.2) is 11.6 Å². The Hall–Kier alpha value is -1.36. The number of carbonyl (C=O) groups is 2. The molecule has 23 heavy (non-hydrogen) atoms. The second-order valence-corrected chi connectivity index (χ2v) is 7.39. The van der Waals surface area contributed by atoms with E-state index in [1.54, 1.807) is 0 Å². The zero-order chi connectivity index (χ0) is 17.0. The van der Waals surface area contributed by atoms with Crippen LogP contribution in [0.4, 0.5) is 0 Å². The number of rotatable bonds is 3. The van der Waals surface area contributed by atoms with Gasteiger partial charge in [-0.25, -0.2) is 4.79 Å². The molecule has 0 aromatic carbocycles. The molecule has 1 N–H and O–H groups in total. The molecule has 0 aromatic heterocycles. The summed E-state index contributed by atoms with van der Waals surface area (Å²) in [4.78, 5) is 25.7. The summed E-state index contributed by atoms with van der Waals surface area (Å²) in [5, 5.41) is 9.91. The number of amides is 1. The minimum atomic E-state index is -1.08. The van der Waals surface area contributed by atoms with Crippen LogP contribution in [0.25, 0.3) is 0 Å². The van der Waals surface area contributed by atoms with Gasteiger partial charge in [0, 0.05) is 19.2 Å². The lowest BCUT2D eigenvalue weighted by atomic mass is 9.73. The van der Waals surface area contributed by atoms with E-state index >= 15 is 0 Å². The van der Waals surface area contributed by atoms with E-state index in [4.69, 9.17) is 0 Å². The molecule has 5 nitrogen and oxygen atoms in total. The van der Waals surface area contributed by atoms with Crippen LogP contribution in [0.3, 0.4) is 0 Å². The highest BCUT2D eigenvalue weighted by molar-refractivity contribution is 5.88. The van der Waals surface area contributed by atoms with Crippen LogP contribution in [-0.4, -0.2) is 48.2 Å². The summed E-state index contributed by atoms with van der Waals surface area (Å²) in [6, 6.07) is 0. The minimum absolute atomic E-state index is 0.0704. The molecular formula is C18H29NO4. The SMILES string of the molecule is COC(=O)C(O)C1CCN(C(=O)C=C2CCCCC2(C)C)CC1. The number of ether oxygens (including phenoxy) is 1. The van der Waals surface area contributed by atoms with E-state index in [-0.39, 0.29) is 17.2 Å². The summed E-state index contributed by atoms with van der Waals surface area (Å²) >= 11 is 0. The van der Waals surface area contributed by atoms with Crippen LogP contribution in [0.5, 0.6) is 0 Å². The van der Waals surface area contributed by atoms with Crippen LogP contribution in [0, 0.1) is 11.3 Å². The topological polar surface area (TPSA) is 66.8 Å². The lowest BCUT2D eigenvalue weighted by Crippen LogP contribution is -2.43. The summed E-state index contributed by atoms with van der Waals surface area (Å²) in [5.74, 6) is -0.632. The van der Waals surface area contributed by atoms with Crippen molar-refractivity contribution in [3.05, 3.63) is 11.6 Å². The molecule has 5 heteroatoms. The molecule has 1 aliphatic heterocycles. The molecule has 2 aliphatic rings. The fraction of sp³-hybridized carbons (Fsp3) is 0.778. The number of allylic oxidation sites excluding steroid dienone is 1. The molecule has 0 aromatic rings. The second-order valence-electron chi connectivity index (χ2n) is 7.39. The van der Waals surface area contributed by atoms with Gasteiger partial charge in [0.25, 0.3) is 0 Å². The summed E-state index contributed by atoms with van der Waals surface area (Å²) in [5.41, 5.74) is 1.37. The van der Waals surface area contributed by atoms with Gasteiger partial charge in [-0.1, -0.05) is 25.8 Å². The lowest BCUT2D eigenvalue weighted by molar-refractivity contribution is -0.154. The molecule has 0 spiro atoms. The van der Waals surface area contributed by atoms with Gasteiger partial charge in [-0.3, -0.25) is 4.79 Å². The minimum Gasteiger partial charge on any atom is -0.467 e. The highest BCUT2D eigenvalue weighted by Gasteiger charge is 2.32. The molecule has 0 radical (unpaired) electrons. The van der Waals surface area contributed by atoms with Crippen molar-refractivity contribution in [2.24, 2.45) is 11.3 Å². The lowest BCUT2D eigenvalue weighted by Gasteiger charge is -2.35. The van der Waals surface area contributed by atoms with Crippen LogP contribution in [-0.2, 0) is 14.3 Å². The number of nitrogens with zero attached hydrogens (tertiary/aromatic N) is 1. The maximum atomic E-state index is 12.5. The quantitative estimate of drug-likeness (QED) is 0.639. The Morgan fingerprint density at radius 3 is 2.52 bits per heavy atom. The monoisotopic (exact) mass is 323 g/mol. The molecule has 2 rings (SSSR count). The Morgan fingerprint density at radius 2 is 1.96 bits per heavy atom. The molecular weight excluding hydrogens is 294 g/mol. The third kappa shape index (κ3) is 4.34. The Labute approximate surface area is 138 Å². The van der Waals surface area contributed by atoms with Gasteiger partial charge in [0.15, 0.2) is 6.10 Å². The Kier molecular flexibility index (Phi) is 5.84. The van der Waals surface area contributed by atoms with E-state index in [0.717, 1.165) is 19.3 Å². The number of hydrogen-bond acceptors (Lipinski definition) is 4. The molecule has 130 valence electrons. The van der Waals surface area contributed by atoms with Gasteiger partial charge in [0.05, 0.1) is 7.11 Å². The maximum absolute atomic E-state index is 12.5. The summed E-state index contributed by atoms with van der Waals surface area (Å²) in [7, 11) is 1.28. The summed E-state index contributed by atoms with van der Waals surface area (Å²) in [6.07, 6.45) is 6.56. The standard InChI is InChI=1S/C18H29NO4/c1-18(2)9-5-4-6-14(18)12-15(20)19-10-7-13(8-11-19)16(21)17(22)23-3/h12-13,16,21H,4-11H2,1-3H3. The van der Waals surface area contributed by atoms with Gasteiger partial charge in [0.2, 0.25) is 5.91 Å². The molecule has 1 aliphatic carbocycles. The molecule has 2 fully saturated rings. The van der Waals surface area contributed by atoms with E-state index < -0.39 is 12.1 Å². The van der Waals surface area contributed by atoms with E-state index in [2.05, 4.69) is 18.6 Å². The number of likely N-dealkylation sites (tertiary alicyclic amines) is 1. The largest absolute Gasteiger partial charge is 0.467 e. The first kappa shape index (κ1) is 18.0. The van der Waals surface area contributed by atoms with Crippen molar-refractivity contribution in [1.82, 2.24) is 4.90 Å². The average Bonchev–Trinajstić information content (AvgIpc) is 2.55. The number of esters is 1. The van der Waals surface area contributed by atoms with Gasteiger partial charge in [-0.05, 0) is 43.4 Å². The van der Waals surface area contributed by atoms with Crippen molar-refractivity contribution in [1.29, 1.82) is 0 Å². The smallest absolute Gasteiger partial charge is 0.334 e. The van der Waals surface area contributed by atoms with Crippen molar-refractivity contribution < 1.29 is 19.4 Å². The van der Waals surface area contributed by atoms with Gasteiger partial charge >= 0.3 is 5.97 Å². The van der Waals surface area contributed by atoms with Crippen LogP contribution in [0.1, 0.15) is 52.4 Å². The first-order valence-electron chi connectivity index (χ1n) is 8.61. The third-order valence-corrected chi connectivity index (χ3v) is 5.41. The van der Waals surface area contributed by atoms with E-state index in [1.165, 1.54) is 19.1 Å². The number of carbonyl (C=O) groups excluding carboxylic acids is 2. The fourth-order valence-electron chi connectivity index (χ4n) is 3.64. The van der Waals surface area contributed by atoms with Crippen molar-refractivity contribution >= 4 is 11.9 Å². The molecule has 1 amide bonds. The van der Waals surface area contributed by atoms with E-state index in [0.29, 0.717) is 25.9 Å². The first-order chi connectivity index (χ1) is 10.8. The first-order valence-corrected chi connectivity index (χ1v) is 8.61. The number of piperidine rings is 1. The van der Waals surface area contributed by atoms with Crippen LogP contribution in [0.2, 0.25) is 0 Å². The summed E-state index contributed by atoms with van der Waals surface area (Å²) < 4.78 is 4.58. The Morgan fingerprint density at radius 1 is 1.30 bits per heavy atom. The molecule has 1 unspecified atom stereocenters. The van der Waals surface area contributed by atoms with Crippen molar-refractivity contribution in [2.45, 2.75) is 58.5 Å². The highest BCUT2D eigenvalue weighted by Crippen LogP contribution is 2.40. The second kappa shape index (κ2) is 7.47. The van der Waals surface area contributed by atoms with E-state index in [9.17, 15) is 14.7 Å². The molecule has 1 saturated carbocycles. The maximum Gasteiger partial charge on any atom is 0.334 e. The molecule has 1 saturated heterocycles. The van der Waals surface area contributed by atoms with Crippen molar-refractivity contribution in [3.63, 3.8) is 0 Å².